The average molecular weight is 567 g/mol. The molecule has 2 unspecified atom stereocenters. The van der Waals surface area contributed by atoms with Gasteiger partial charge >= 0.3 is 12.4 Å². The predicted molar refractivity (Wildman–Crippen MR) is 130 cm³/mol. The van der Waals surface area contributed by atoms with E-state index in [0.717, 1.165) is 5.56 Å². The number of alkyl halides is 6. The molecule has 212 valence electrons. The van der Waals surface area contributed by atoms with Crippen LogP contribution in [-0.4, -0.2) is 34.5 Å². The molecule has 1 amide bonds. The highest BCUT2D eigenvalue weighted by Crippen LogP contribution is 2.46. The predicted octanol–water partition coefficient (Wildman–Crippen LogP) is 6.96. The standard InChI is InChI=1S/C29H25F7N2O2/c1-16(19-11-21(28(31,32)33)14-22(12-19)29(34,35)36)40-25-15-38-24(26(25)18-2-4-23(30)5-3-18)13-20(27(38)39)10-17-6-8-37-9-7-17/h2-9,11-12,14,16,20,24-26H,10,13,15H2,1H3/t16-,20?,24?,25+,26+/m1/s1. The molecule has 2 fully saturated rings. The Labute approximate surface area is 225 Å². The van der Waals surface area contributed by atoms with Crippen LogP contribution in [0.4, 0.5) is 30.7 Å². The van der Waals surface area contributed by atoms with Crippen LogP contribution in [0.25, 0.3) is 0 Å². The molecule has 0 spiro atoms. The zero-order valence-corrected chi connectivity index (χ0v) is 21.2. The fourth-order valence-electron chi connectivity index (χ4n) is 5.82. The Balaban J connectivity index is 1.43. The Morgan fingerprint density at radius 3 is 2.12 bits per heavy atom. The van der Waals surface area contributed by atoms with Crippen molar-refractivity contribution in [3.05, 3.63) is 101 Å². The maximum absolute atomic E-state index is 13.7. The van der Waals surface area contributed by atoms with E-state index >= 15 is 0 Å². The normalized spacial score (nSPS) is 23.9. The van der Waals surface area contributed by atoms with Gasteiger partial charge in [0.05, 0.1) is 23.3 Å². The van der Waals surface area contributed by atoms with Crippen molar-refractivity contribution in [2.24, 2.45) is 5.92 Å². The van der Waals surface area contributed by atoms with Gasteiger partial charge in [0.2, 0.25) is 5.91 Å². The summed E-state index contributed by atoms with van der Waals surface area (Å²) in [5.74, 6) is -1.34. The molecular weight excluding hydrogens is 541 g/mol. The molecule has 0 aliphatic carbocycles. The highest BCUT2D eigenvalue weighted by atomic mass is 19.4. The molecule has 4 nitrogen and oxygen atoms in total. The van der Waals surface area contributed by atoms with Gasteiger partial charge in [-0.15, -0.1) is 0 Å². The number of fused-ring (bicyclic) bond motifs is 1. The van der Waals surface area contributed by atoms with Gasteiger partial charge in [-0.3, -0.25) is 9.78 Å². The molecule has 2 saturated heterocycles. The molecule has 1 aromatic heterocycles. The summed E-state index contributed by atoms with van der Waals surface area (Å²) in [5.41, 5.74) is -1.52. The molecule has 3 heterocycles. The number of amides is 1. The number of halogens is 7. The minimum absolute atomic E-state index is 0.0742. The van der Waals surface area contributed by atoms with Crippen molar-refractivity contribution >= 4 is 5.91 Å². The van der Waals surface area contributed by atoms with Crippen molar-refractivity contribution in [3.63, 3.8) is 0 Å². The highest BCUT2D eigenvalue weighted by molar-refractivity contribution is 5.82. The average Bonchev–Trinajstić information content (AvgIpc) is 3.39. The molecule has 11 heteroatoms. The Morgan fingerprint density at radius 2 is 1.55 bits per heavy atom. The second-order valence-corrected chi connectivity index (χ2v) is 10.3. The maximum Gasteiger partial charge on any atom is 0.416 e. The molecule has 40 heavy (non-hydrogen) atoms. The number of aromatic nitrogens is 1. The summed E-state index contributed by atoms with van der Waals surface area (Å²) in [5, 5.41) is 0. The molecule has 5 rings (SSSR count). The third kappa shape index (κ3) is 5.70. The zero-order chi connectivity index (χ0) is 28.8. The van der Waals surface area contributed by atoms with E-state index in [1.165, 1.54) is 19.1 Å². The summed E-state index contributed by atoms with van der Waals surface area (Å²) in [6, 6.07) is 10.4. The van der Waals surface area contributed by atoms with Crippen LogP contribution in [-0.2, 0) is 28.3 Å². The summed E-state index contributed by atoms with van der Waals surface area (Å²) in [7, 11) is 0. The van der Waals surface area contributed by atoms with Crippen molar-refractivity contribution in [1.29, 1.82) is 0 Å². The fraction of sp³-hybridized carbons (Fsp3) is 0.379. The van der Waals surface area contributed by atoms with E-state index in [1.54, 1.807) is 29.4 Å². The smallest absolute Gasteiger partial charge is 0.368 e. The molecule has 0 radical (unpaired) electrons. The van der Waals surface area contributed by atoms with Crippen LogP contribution in [0.15, 0.2) is 67.0 Å². The van der Waals surface area contributed by atoms with Gasteiger partial charge in [0.25, 0.3) is 0 Å². The number of hydrogen-bond donors (Lipinski definition) is 0. The van der Waals surface area contributed by atoms with Gasteiger partial charge < -0.3 is 9.64 Å². The van der Waals surface area contributed by atoms with Gasteiger partial charge in [0, 0.05) is 36.8 Å². The van der Waals surface area contributed by atoms with Crippen LogP contribution in [0.5, 0.6) is 0 Å². The second-order valence-electron chi connectivity index (χ2n) is 10.3. The Bertz CT molecular complexity index is 1330. The van der Waals surface area contributed by atoms with E-state index in [-0.39, 0.29) is 36.0 Å². The number of pyridine rings is 1. The zero-order valence-electron chi connectivity index (χ0n) is 21.2. The first kappa shape index (κ1) is 28.1. The molecular formula is C29H25F7N2O2. The summed E-state index contributed by atoms with van der Waals surface area (Å²) in [4.78, 5) is 19.0. The molecule has 2 aliphatic heterocycles. The lowest BCUT2D eigenvalue weighted by Gasteiger charge is -2.27. The summed E-state index contributed by atoms with van der Waals surface area (Å²) in [6.45, 7) is 1.49. The number of hydrogen-bond acceptors (Lipinski definition) is 3. The number of ether oxygens (including phenoxy) is 1. The van der Waals surface area contributed by atoms with Gasteiger partial charge in [0.1, 0.15) is 5.82 Å². The van der Waals surface area contributed by atoms with Crippen molar-refractivity contribution in [3.8, 4) is 0 Å². The fourth-order valence-corrected chi connectivity index (χ4v) is 5.82. The molecule has 0 saturated carbocycles. The Morgan fingerprint density at radius 1 is 0.950 bits per heavy atom. The lowest BCUT2D eigenvalue weighted by molar-refractivity contribution is -0.143. The SMILES string of the molecule is C[C@@H](O[C@H]1CN2C(=O)C(Cc3ccncc3)CC2[C@@H]1c1ccc(F)cc1)c1cc(C(F)(F)F)cc(C(F)(F)F)c1. The van der Waals surface area contributed by atoms with E-state index in [4.69, 9.17) is 4.74 Å². The molecule has 0 bridgehead atoms. The molecule has 3 aromatic rings. The van der Waals surface area contributed by atoms with E-state index in [1.807, 2.05) is 12.1 Å². The largest absolute Gasteiger partial charge is 0.416 e. The second kappa shape index (κ2) is 10.5. The minimum atomic E-state index is -4.99. The molecule has 0 N–H and O–H groups in total. The molecule has 2 aromatic carbocycles. The first-order valence-corrected chi connectivity index (χ1v) is 12.7. The monoisotopic (exact) mass is 566 g/mol. The number of rotatable bonds is 6. The number of carbonyl (C=O) groups is 1. The quantitative estimate of drug-likeness (QED) is 0.303. The number of carbonyl (C=O) groups excluding carboxylic acids is 1. The Kier molecular flexibility index (Phi) is 7.37. The first-order valence-electron chi connectivity index (χ1n) is 12.7. The van der Waals surface area contributed by atoms with E-state index in [2.05, 4.69) is 4.98 Å². The molecule has 2 aliphatic rings. The third-order valence-corrected chi connectivity index (χ3v) is 7.70. The van der Waals surface area contributed by atoms with E-state index in [9.17, 15) is 35.5 Å². The van der Waals surface area contributed by atoms with Crippen LogP contribution < -0.4 is 0 Å². The summed E-state index contributed by atoms with van der Waals surface area (Å²) < 4.78 is 100. The molecule has 5 atom stereocenters. The van der Waals surface area contributed by atoms with Gasteiger partial charge in [-0.05, 0) is 78.9 Å². The van der Waals surface area contributed by atoms with Crippen molar-refractivity contribution < 1.29 is 40.3 Å². The number of benzene rings is 2. The maximum atomic E-state index is 13.7. The van der Waals surface area contributed by atoms with Crippen LogP contribution in [0.2, 0.25) is 0 Å². The van der Waals surface area contributed by atoms with Gasteiger partial charge in [0.15, 0.2) is 0 Å². The highest BCUT2D eigenvalue weighted by Gasteiger charge is 2.52. The lowest BCUT2D eigenvalue weighted by atomic mass is 9.85. The minimum Gasteiger partial charge on any atom is -0.368 e. The topological polar surface area (TPSA) is 42.4 Å². The lowest BCUT2D eigenvalue weighted by Crippen LogP contribution is -2.31. The van der Waals surface area contributed by atoms with Crippen molar-refractivity contribution in [2.45, 2.75) is 56.3 Å². The van der Waals surface area contributed by atoms with Crippen molar-refractivity contribution in [2.75, 3.05) is 6.54 Å². The van der Waals surface area contributed by atoms with E-state index < -0.39 is 47.4 Å². The van der Waals surface area contributed by atoms with Crippen LogP contribution >= 0.6 is 0 Å². The van der Waals surface area contributed by atoms with Crippen LogP contribution in [0.1, 0.15) is 53.2 Å². The van der Waals surface area contributed by atoms with Crippen LogP contribution in [0, 0.1) is 11.7 Å². The Hall–Kier alpha value is -3.47. The van der Waals surface area contributed by atoms with Gasteiger partial charge in [-0.25, -0.2) is 4.39 Å². The summed E-state index contributed by atoms with van der Waals surface area (Å²) in [6.07, 6.45) is -7.62. The van der Waals surface area contributed by atoms with Crippen molar-refractivity contribution in [1.82, 2.24) is 9.88 Å². The number of nitrogens with zero attached hydrogens (tertiary/aromatic N) is 2. The van der Waals surface area contributed by atoms with Crippen LogP contribution in [0.3, 0.4) is 0 Å². The third-order valence-electron chi connectivity index (χ3n) is 7.70. The first-order chi connectivity index (χ1) is 18.8. The van der Waals surface area contributed by atoms with Gasteiger partial charge in [-0.2, -0.15) is 26.3 Å². The summed E-state index contributed by atoms with van der Waals surface area (Å²) >= 11 is 0. The van der Waals surface area contributed by atoms with E-state index in [0.29, 0.717) is 30.5 Å². The van der Waals surface area contributed by atoms with Gasteiger partial charge in [-0.1, -0.05) is 12.1 Å².